The number of aromatic nitrogens is 5. The Labute approximate surface area is 360 Å². The first kappa shape index (κ1) is 45.4. The average Bonchev–Trinajstić information content (AvgIpc) is 3.96. The fraction of sp³-hybridized carbons (Fsp3) is 0.511. The number of fused-ring (bicyclic) bond motifs is 1. The Morgan fingerprint density at radius 1 is 0.952 bits per heavy atom. The second-order valence-corrected chi connectivity index (χ2v) is 16.9. The average molecular weight is 852 g/mol. The number of ether oxygens (including phenoxy) is 1. The lowest BCUT2D eigenvalue weighted by Crippen LogP contribution is -2.53. The molecule has 6 rings (SSSR count). The van der Waals surface area contributed by atoms with Crippen molar-refractivity contribution < 1.29 is 38.6 Å². The number of pyridine rings is 2. The van der Waals surface area contributed by atoms with E-state index in [0.29, 0.717) is 41.6 Å². The summed E-state index contributed by atoms with van der Waals surface area (Å²) in [6.07, 6.45) is 10.8. The Morgan fingerprint density at radius 3 is 2.45 bits per heavy atom. The number of nitrogens with one attached hydrogen (secondary N) is 2. The van der Waals surface area contributed by atoms with E-state index in [-0.39, 0.29) is 63.0 Å². The minimum Gasteiger partial charge on any atom is -0.445 e. The maximum atomic E-state index is 15.0. The van der Waals surface area contributed by atoms with E-state index >= 15 is 0 Å². The van der Waals surface area contributed by atoms with Gasteiger partial charge in [0.15, 0.2) is 11.4 Å². The van der Waals surface area contributed by atoms with E-state index in [0.717, 1.165) is 37.7 Å². The van der Waals surface area contributed by atoms with Gasteiger partial charge >= 0.3 is 6.09 Å². The Kier molecular flexibility index (Phi) is 15.5. The van der Waals surface area contributed by atoms with Crippen LogP contribution < -0.4 is 16.4 Å². The second kappa shape index (κ2) is 21.1. The zero-order chi connectivity index (χ0) is 44.2. The van der Waals surface area contributed by atoms with Gasteiger partial charge in [0.25, 0.3) is 5.91 Å². The third-order valence-corrected chi connectivity index (χ3v) is 11.9. The molecule has 62 heavy (non-hydrogen) atoms. The maximum absolute atomic E-state index is 15.0. The predicted octanol–water partition coefficient (Wildman–Crippen LogP) is 4.48. The van der Waals surface area contributed by atoms with Crippen molar-refractivity contribution in [3.05, 3.63) is 83.9 Å². The Hall–Kier alpha value is -6.10. The zero-order valence-corrected chi connectivity index (χ0v) is 35.4. The van der Waals surface area contributed by atoms with Gasteiger partial charge in [0.2, 0.25) is 17.6 Å². The number of amides is 4. The summed E-state index contributed by atoms with van der Waals surface area (Å²) in [6, 6.07) is 11.4. The van der Waals surface area contributed by atoms with Crippen molar-refractivity contribution >= 4 is 46.4 Å². The summed E-state index contributed by atoms with van der Waals surface area (Å²) >= 11 is 0. The van der Waals surface area contributed by atoms with Gasteiger partial charge in [0.1, 0.15) is 18.2 Å². The molecule has 5 N–H and O–H groups in total. The Morgan fingerprint density at radius 2 is 1.71 bits per heavy atom. The smallest absolute Gasteiger partial charge is 0.407 e. The number of ketones is 2. The normalized spacial score (nSPS) is 17.9. The summed E-state index contributed by atoms with van der Waals surface area (Å²) in [6.45, 7) is 3.54. The first-order chi connectivity index (χ1) is 29.8. The summed E-state index contributed by atoms with van der Waals surface area (Å²) in [7, 11) is 0. The van der Waals surface area contributed by atoms with E-state index in [4.69, 9.17) is 10.5 Å². The van der Waals surface area contributed by atoms with Gasteiger partial charge in [-0.1, -0.05) is 67.6 Å². The molecule has 330 valence electrons. The maximum Gasteiger partial charge on any atom is 0.407 e. The number of alkyl carbamates (subject to hydrolysis) is 1. The molecule has 4 aromatic rings. The number of aliphatic hydroxyl groups is 1. The van der Waals surface area contributed by atoms with Crippen molar-refractivity contribution in [3.8, 4) is 0 Å². The SMILES string of the molecule is CC(C)(O)c1cnnn1[C@H]1C[C@@H](C(=O)NC(CCCCNC(=O)OCc2ccccc2)C(=O)C(N)=O)N(C(=O)[C@H](CCC(=O)c2ccnc3ncccc23)CC2CCCCC2)C1. The van der Waals surface area contributed by atoms with Crippen LogP contribution in [0.4, 0.5) is 4.79 Å². The van der Waals surface area contributed by atoms with E-state index in [1.54, 1.807) is 44.4 Å². The number of benzene rings is 1. The molecule has 2 aliphatic rings. The molecule has 4 amide bonds. The van der Waals surface area contributed by atoms with E-state index in [1.165, 1.54) is 15.8 Å². The Balaban J connectivity index is 1.18. The van der Waals surface area contributed by atoms with Crippen LogP contribution in [0.5, 0.6) is 0 Å². The molecule has 0 bridgehead atoms. The molecule has 2 fully saturated rings. The molecule has 1 unspecified atom stereocenters. The van der Waals surface area contributed by atoms with Crippen molar-refractivity contribution in [1.82, 2.24) is 40.5 Å². The summed E-state index contributed by atoms with van der Waals surface area (Å²) in [5.41, 5.74) is 6.24. The van der Waals surface area contributed by atoms with Crippen molar-refractivity contribution in [2.75, 3.05) is 13.1 Å². The van der Waals surface area contributed by atoms with Crippen LogP contribution in [0.1, 0.15) is 119 Å². The summed E-state index contributed by atoms with van der Waals surface area (Å²) < 4.78 is 6.78. The van der Waals surface area contributed by atoms with E-state index in [1.807, 2.05) is 30.3 Å². The monoisotopic (exact) mass is 851 g/mol. The number of Topliss-reactive ketones (excluding diaryl/α,β-unsaturated/α-hetero) is 2. The van der Waals surface area contributed by atoms with E-state index in [2.05, 4.69) is 30.9 Å². The van der Waals surface area contributed by atoms with Crippen LogP contribution in [0.3, 0.4) is 0 Å². The highest BCUT2D eigenvalue weighted by Gasteiger charge is 2.45. The van der Waals surface area contributed by atoms with Crippen LogP contribution in [0, 0.1) is 11.8 Å². The van der Waals surface area contributed by atoms with Crippen LogP contribution >= 0.6 is 0 Å². The minimum absolute atomic E-state index is 0.0376. The van der Waals surface area contributed by atoms with Gasteiger partial charge < -0.3 is 31.1 Å². The van der Waals surface area contributed by atoms with Crippen LogP contribution in [-0.2, 0) is 36.1 Å². The topological polar surface area (TPSA) is 242 Å². The van der Waals surface area contributed by atoms with Gasteiger partial charge in [0, 0.05) is 55.2 Å². The number of nitrogens with two attached hydrogens (primary N) is 1. The van der Waals surface area contributed by atoms with E-state index in [9.17, 15) is 33.9 Å². The number of likely N-dealkylation sites (tertiary alicyclic amines) is 1. The molecule has 17 nitrogen and oxygen atoms in total. The van der Waals surface area contributed by atoms with Gasteiger partial charge in [-0.2, -0.15) is 0 Å². The number of carbonyl (C=O) groups excluding carboxylic acids is 6. The van der Waals surface area contributed by atoms with Crippen molar-refractivity contribution in [3.63, 3.8) is 0 Å². The molecule has 0 spiro atoms. The lowest BCUT2D eigenvalue weighted by Gasteiger charge is -2.32. The Bertz CT molecular complexity index is 2200. The largest absolute Gasteiger partial charge is 0.445 e. The highest BCUT2D eigenvalue weighted by atomic mass is 16.5. The number of unbranched alkanes of at least 4 members (excludes halogenated alkanes) is 1. The third-order valence-electron chi connectivity index (χ3n) is 11.9. The van der Waals surface area contributed by atoms with Crippen molar-refractivity contribution in [2.24, 2.45) is 17.6 Å². The molecule has 4 atom stereocenters. The predicted molar refractivity (Wildman–Crippen MR) is 227 cm³/mol. The molecule has 3 aromatic heterocycles. The number of primary amides is 1. The van der Waals surface area contributed by atoms with Crippen LogP contribution in [0.2, 0.25) is 0 Å². The zero-order valence-electron chi connectivity index (χ0n) is 35.4. The summed E-state index contributed by atoms with van der Waals surface area (Å²) in [4.78, 5) is 90.8. The van der Waals surface area contributed by atoms with Crippen LogP contribution in [-0.4, -0.2) is 95.5 Å². The second-order valence-electron chi connectivity index (χ2n) is 16.9. The summed E-state index contributed by atoms with van der Waals surface area (Å²) in [5, 5.41) is 25.3. The summed E-state index contributed by atoms with van der Waals surface area (Å²) in [5.74, 6) is -3.67. The van der Waals surface area contributed by atoms with Crippen LogP contribution in [0.15, 0.2) is 67.1 Å². The number of carbonyl (C=O) groups is 6. The molecule has 1 aliphatic heterocycles. The standard InChI is InChI=1S/C45H57N9O8/c1-45(2,61)38-26-50-52-54(38)32-25-36(42(58)51-35(39(56)40(46)57)17-9-10-21-49-44(60)62-28-30-14-7-4-8-15-30)53(27-32)43(59)31(24-29-12-5-3-6-13-29)18-19-37(55)33-20-23-48-41-34(33)16-11-22-47-41/h4,7-8,11,14-16,20,22-23,26,29,31-32,35-36,61H,3,5-6,9-10,12-13,17-19,21,24-25,27-28H2,1-2H3,(H2,46,57)(H,49,60)(H,51,58)/t31-,32+,35?,36+/m1/s1. The van der Waals surface area contributed by atoms with Gasteiger partial charge in [-0.05, 0) is 75.6 Å². The highest BCUT2D eigenvalue weighted by Crippen LogP contribution is 2.36. The lowest BCUT2D eigenvalue weighted by molar-refractivity contribution is -0.143. The number of hydrogen-bond acceptors (Lipinski definition) is 12. The molecule has 0 radical (unpaired) electrons. The molecule has 1 saturated heterocycles. The first-order valence-corrected chi connectivity index (χ1v) is 21.5. The van der Waals surface area contributed by atoms with Gasteiger partial charge in [0.05, 0.1) is 24.0 Å². The molecule has 4 heterocycles. The fourth-order valence-electron chi connectivity index (χ4n) is 8.65. The van der Waals surface area contributed by atoms with Gasteiger partial charge in [-0.25, -0.2) is 19.4 Å². The molecule has 17 heteroatoms. The quantitative estimate of drug-likeness (QED) is 0.0547. The highest BCUT2D eigenvalue weighted by molar-refractivity contribution is 6.37. The number of rotatable bonds is 20. The van der Waals surface area contributed by atoms with Gasteiger partial charge in [-0.3, -0.25) is 24.0 Å². The minimum atomic E-state index is -1.35. The van der Waals surface area contributed by atoms with E-state index < -0.39 is 53.3 Å². The van der Waals surface area contributed by atoms with Crippen molar-refractivity contribution in [1.29, 1.82) is 0 Å². The molecule has 1 aliphatic carbocycles. The fourth-order valence-corrected chi connectivity index (χ4v) is 8.65. The number of hydrogen-bond donors (Lipinski definition) is 4. The molecule has 1 aromatic carbocycles. The molecule has 1 saturated carbocycles. The first-order valence-electron chi connectivity index (χ1n) is 21.5. The van der Waals surface area contributed by atoms with Crippen molar-refractivity contribution in [2.45, 2.75) is 121 Å². The third kappa shape index (κ3) is 11.8. The molecular weight excluding hydrogens is 795 g/mol. The van der Waals surface area contributed by atoms with Crippen LogP contribution in [0.25, 0.3) is 11.0 Å². The number of nitrogens with zero attached hydrogens (tertiary/aromatic N) is 6. The van der Waals surface area contributed by atoms with Gasteiger partial charge in [-0.15, -0.1) is 5.10 Å². The lowest BCUT2D eigenvalue weighted by atomic mass is 9.80. The molecular formula is C45H57N9O8.